The summed E-state index contributed by atoms with van der Waals surface area (Å²) in [6, 6.07) is 7.06. The van der Waals surface area contributed by atoms with Gasteiger partial charge in [0.05, 0.1) is 6.61 Å². The quantitative estimate of drug-likeness (QED) is 0.446. The van der Waals surface area contributed by atoms with Gasteiger partial charge in [-0.3, -0.25) is 14.5 Å². The van der Waals surface area contributed by atoms with E-state index in [1.54, 1.807) is 6.92 Å². The average molecular weight is 346 g/mol. The van der Waals surface area contributed by atoms with Crippen LogP contribution in [0.1, 0.15) is 51.2 Å². The molecule has 1 heterocycles. The summed E-state index contributed by atoms with van der Waals surface area (Å²) in [5, 5.41) is 2.70. The second-order valence-corrected chi connectivity index (χ2v) is 6.47. The van der Waals surface area contributed by atoms with Crippen molar-refractivity contribution < 1.29 is 19.1 Å². The molecule has 1 fully saturated rings. The first-order valence-electron chi connectivity index (χ1n) is 8.81. The fourth-order valence-electron chi connectivity index (χ4n) is 2.83. The van der Waals surface area contributed by atoms with Gasteiger partial charge in [0, 0.05) is 0 Å². The van der Waals surface area contributed by atoms with Gasteiger partial charge in [0.15, 0.2) is 0 Å². The fraction of sp³-hybridized carbons (Fsp3) is 0.526. The minimum Gasteiger partial charge on any atom is -0.464 e. The van der Waals surface area contributed by atoms with Crippen molar-refractivity contribution in [2.75, 3.05) is 13.2 Å². The van der Waals surface area contributed by atoms with Gasteiger partial charge in [-0.25, -0.2) is 4.79 Å². The molecule has 2 rings (SSSR count). The molecule has 0 aromatic heterocycles. The topological polar surface area (TPSA) is 75.7 Å². The average Bonchev–Trinajstić information content (AvgIpc) is 2.80. The van der Waals surface area contributed by atoms with E-state index in [9.17, 15) is 14.4 Å². The Morgan fingerprint density at radius 1 is 1.16 bits per heavy atom. The number of carbonyl (C=O) groups excluding carboxylic acids is 3. The number of hydrogen-bond acceptors (Lipinski definition) is 4. The van der Waals surface area contributed by atoms with Gasteiger partial charge in [0.2, 0.25) is 0 Å². The Bertz CT molecular complexity index is 641. The summed E-state index contributed by atoms with van der Waals surface area (Å²) >= 11 is 0. The van der Waals surface area contributed by atoms with E-state index in [1.165, 1.54) is 5.56 Å². The first kappa shape index (κ1) is 19.0. The van der Waals surface area contributed by atoms with E-state index in [0.717, 1.165) is 30.6 Å². The summed E-state index contributed by atoms with van der Waals surface area (Å²) in [7, 11) is 0. The van der Waals surface area contributed by atoms with Crippen molar-refractivity contribution in [3.05, 3.63) is 35.4 Å². The molecule has 1 unspecified atom stereocenters. The van der Waals surface area contributed by atoms with Crippen molar-refractivity contribution >= 4 is 17.9 Å². The van der Waals surface area contributed by atoms with Gasteiger partial charge in [-0.15, -0.1) is 0 Å². The van der Waals surface area contributed by atoms with E-state index >= 15 is 0 Å². The number of urea groups is 1. The first-order valence-corrected chi connectivity index (χ1v) is 8.81. The Morgan fingerprint density at radius 2 is 1.84 bits per heavy atom. The lowest BCUT2D eigenvalue weighted by molar-refractivity contribution is -0.147. The largest absolute Gasteiger partial charge is 0.464 e. The standard InChI is InChI=1S/C19H26N2O4/c1-4-6-12-25-16(22)13-21-17(23)19(3,20-18(21)24)15-10-8-14(7-5-2)9-11-15/h8-11H,4-7,12-13H2,1-3H3,(H,20,24). The molecule has 0 aliphatic carbocycles. The van der Waals surface area contributed by atoms with Crippen LogP contribution in [-0.2, 0) is 26.3 Å². The Kier molecular flexibility index (Phi) is 6.17. The zero-order chi connectivity index (χ0) is 18.4. The van der Waals surface area contributed by atoms with Gasteiger partial charge in [0.1, 0.15) is 12.1 Å². The monoisotopic (exact) mass is 346 g/mol. The number of unbranched alkanes of at least 4 members (excludes halogenated alkanes) is 1. The Balaban J connectivity index is 2.09. The molecule has 1 atom stereocenters. The normalized spacial score (nSPS) is 19.9. The number of benzene rings is 1. The first-order chi connectivity index (χ1) is 11.9. The molecule has 6 nitrogen and oxygen atoms in total. The molecule has 0 bridgehead atoms. The highest BCUT2D eigenvalue weighted by molar-refractivity contribution is 6.08. The molecule has 1 aliphatic rings. The minimum absolute atomic E-state index is 0.301. The maximum absolute atomic E-state index is 12.7. The molecule has 0 saturated carbocycles. The Hall–Kier alpha value is -2.37. The predicted molar refractivity (Wildman–Crippen MR) is 93.9 cm³/mol. The van der Waals surface area contributed by atoms with Crippen LogP contribution < -0.4 is 5.32 Å². The predicted octanol–water partition coefficient (Wildman–Crippen LogP) is 2.75. The zero-order valence-corrected chi connectivity index (χ0v) is 15.1. The number of carbonyl (C=O) groups is 3. The molecule has 1 N–H and O–H groups in total. The molecule has 1 aliphatic heterocycles. The van der Waals surface area contributed by atoms with Crippen molar-refractivity contribution in [3.8, 4) is 0 Å². The van der Waals surface area contributed by atoms with E-state index in [1.807, 2.05) is 31.2 Å². The molecule has 1 aromatic rings. The molecule has 3 amide bonds. The lowest BCUT2D eigenvalue weighted by Gasteiger charge is -2.22. The van der Waals surface area contributed by atoms with Crippen LogP contribution in [-0.4, -0.2) is 36.0 Å². The maximum atomic E-state index is 12.7. The molecule has 1 saturated heterocycles. The SMILES string of the molecule is CCCCOC(=O)CN1C(=O)NC(C)(c2ccc(CCC)cc2)C1=O. The fourth-order valence-corrected chi connectivity index (χ4v) is 2.83. The minimum atomic E-state index is -1.16. The summed E-state index contributed by atoms with van der Waals surface area (Å²) in [5.74, 6) is -1.01. The third kappa shape index (κ3) is 4.18. The third-order valence-corrected chi connectivity index (χ3v) is 4.39. The lowest BCUT2D eigenvalue weighted by Crippen LogP contribution is -2.41. The zero-order valence-electron chi connectivity index (χ0n) is 15.1. The maximum Gasteiger partial charge on any atom is 0.326 e. The van der Waals surface area contributed by atoms with Crippen LogP contribution in [0.25, 0.3) is 0 Å². The number of nitrogens with zero attached hydrogens (tertiary/aromatic N) is 1. The van der Waals surface area contributed by atoms with Crippen molar-refractivity contribution in [1.82, 2.24) is 10.2 Å². The molecular formula is C19H26N2O4. The van der Waals surface area contributed by atoms with Crippen LogP contribution in [0.15, 0.2) is 24.3 Å². The van der Waals surface area contributed by atoms with Crippen LogP contribution in [0.3, 0.4) is 0 Å². The van der Waals surface area contributed by atoms with Gasteiger partial charge >= 0.3 is 12.0 Å². The second-order valence-electron chi connectivity index (χ2n) is 6.47. The Morgan fingerprint density at radius 3 is 2.44 bits per heavy atom. The second kappa shape index (κ2) is 8.14. The number of ether oxygens (including phenoxy) is 1. The highest BCUT2D eigenvalue weighted by Crippen LogP contribution is 2.29. The van der Waals surface area contributed by atoms with Crippen LogP contribution >= 0.6 is 0 Å². The molecule has 136 valence electrons. The molecule has 0 spiro atoms. The van der Waals surface area contributed by atoms with E-state index in [4.69, 9.17) is 4.74 Å². The van der Waals surface area contributed by atoms with Crippen molar-refractivity contribution in [1.29, 1.82) is 0 Å². The number of amides is 3. The van der Waals surface area contributed by atoms with Crippen LogP contribution in [0.4, 0.5) is 4.79 Å². The molecule has 1 aromatic carbocycles. The summed E-state index contributed by atoms with van der Waals surface area (Å²) in [4.78, 5) is 37.7. The number of aryl methyl sites for hydroxylation is 1. The van der Waals surface area contributed by atoms with E-state index < -0.39 is 23.4 Å². The number of esters is 1. The summed E-state index contributed by atoms with van der Waals surface area (Å²) in [6.07, 6.45) is 3.67. The summed E-state index contributed by atoms with van der Waals surface area (Å²) in [5.41, 5.74) is 0.724. The molecular weight excluding hydrogens is 320 g/mol. The molecule has 0 radical (unpaired) electrons. The summed E-state index contributed by atoms with van der Waals surface area (Å²) < 4.78 is 5.04. The number of nitrogens with one attached hydrogen (secondary N) is 1. The van der Waals surface area contributed by atoms with Crippen molar-refractivity contribution in [2.45, 2.75) is 52.0 Å². The van der Waals surface area contributed by atoms with Crippen molar-refractivity contribution in [3.63, 3.8) is 0 Å². The van der Waals surface area contributed by atoms with Crippen LogP contribution in [0.2, 0.25) is 0 Å². The number of hydrogen-bond donors (Lipinski definition) is 1. The smallest absolute Gasteiger partial charge is 0.326 e. The number of imide groups is 1. The van der Waals surface area contributed by atoms with Gasteiger partial charge in [0.25, 0.3) is 5.91 Å². The van der Waals surface area contributed by atoms with Gasteiger partial charge in [-0.1, -0.05) is 51.0 Å². The third-order valence-electron chi connectivity index (χ3n) is 4.39. The number of rotatable bonds is 8. The highest BCUT2D eigenvalue weighted by atomic mass is 16.5. The van der Waals surface area contributed by atoms with Gasteiger partial charge < -0.3 is 10.1 Å². The van der Waals surface area contributed by atoms with Gasteiger partial charge in [-0.2, -0.15) is 0 Å². The van der Waals surface area contributed by atoms with Gasteiger partial charge in [-0.05, 0) is 30.9 Å². The summed E-state index contributed by atoms with van der Waals surface area (Å²) in [6.45, 7) is 5.69. The van der Waals surface area contributed by atoms with Crippen LogP contribution in [0, 0.1) is 0 Å². The molecule has 6 heteroatoms. The van der Waals surface area contributed by atoms with Crippen molar-refractivity contribution in [2.24, 2.45) is 0 Å². The molecule has 25 heavy (non-hydrogen) atoms. The van der Waals surface area contributed by atoms with Crippen LogP contribution in [0.5, 0.6) is 0 Å². The van der Waals surface area contributed by atoms with E-state index in [2.05, 4.69) is 12.2 Å². The highest BCUT2D eigenvalue weighted by Gasteiger charge is 2.49. The van der Waals surface area contributed by atoms with E-state index in [0.29, 0.717) is 12.2 Å². The Labute approximate surface area is 148 Å². The lowest BCUT2D eigenvalue weighted by atomic mass is 9.91. The van der Waals surface area contributed by atoms with E-state index in [-0.39, 0.29) is 6.54 Å².